The monoisotopic (exact) mass is 1100 g/mol. The number of rotatable bonds is 7. The van der Waals surface area contributed by atoms with Crippen molar-refractivity contribution in [2.24, 2.45) is 0 Å². The summed E-state index contributed by atoms with van der Waals surface area (Å²) in [6.07, 6.45) is 1.82. The number of hydrogen-bond donors (Lipinski definition) is 1. The van der Waals surface area contributed by atoms with Crippen LogP contribution in [0.15, 0.2) is 158 Å². The van der Waals surface area contributed by atoms with Gasteiger partial charge in [0.15, 0.2) is 0 Å². The Labute approximate surface area is 435 Å². The first-order valence-corrected chi connectivity index (χ1v) is 24.1. The average molecular weight is 1100 g/mol. The Kier molecular flexibility index (Phi) is 12.3. The van der Waals surface area contributed by atoms with Crippen LogP contribution in [-0.2, 0) is 42.7 Å². The number of phenolic OH excluding ortho intramolecular Hbond substituents is 1. The summed E-state index contributed by atoms with van der Waals surface area (Å²) in [5.41, 5.74) is 15.8. The van der Waals surface area contributed by atoms with Crippen LogP contribution < -0.4 is 0 Å². The van der Waals surface area contributed by atoms with Gasteiger partial charge < -0.3 is 5.11 Å². The van der Waals surface area contributed by atoms with Crippen molar-refractivity contribution in [3.63, 3.8) is 0 Å². The van der Waals surface area contributed by atoms with E-state index in [0.29, 0.717) is 22.5 Å². The van der Waals surface area contributed by atoms with Gasteiger partial charge in [-0.2, -0.15) is 0 Å². The Balaban J connectivity index is 0.00000711. The first-order valence-electron chi connectivity index (χ1n) is 25.6. The second-order valence-electron chi connectivity index (χ2n) is 22.7. The standard InChI is InChI=1S/C65H66N3O.Pt/c1-41-27-28-44(36-52(41)42-21-16-14-17-22-42)45-31-32-66-56(37-45)47-33-46(34-49(35-47)63(5,6)7)51-25-20-26-58-59(51)67-61(54-39-50(64(8,9)10)40-55(60(54)69)65(11,12)13)68(58)57-30-29-48(62(2,3)4)38-53(57)43-23-18-15-19-24-43;/h14-32,34-40,69H,1-13H3;/q-1;/i1D3;. The van der Waals surface area contributed by atoms with E-state index in [2.05, 4.69) is 191 Å². The summed E-state index contributed by atoms with van der Waals surface area (Å²) in [4.78, 5) is 10.6. The normalized spacial score (nSPS) is 13.1. The number of aromatic hydroxyl groups is 1. The van der Waals surface area contributed by atoms with Gasteiger partial charge in [0.25, 0.3) is 0 Å². The minimum Gasteiger partial charge on any atom is -0.507 e. The van der Waals surface area contributed by atoms with Crippen LogP contribution in [0.25, 0.3) is 83.9 Å². The van der Waals surface area contributed by atoms with Gasteiger partial charge >= 0.3 is 0 Å². The van der Waals surface area contributed by atoms with Gasteiger partial charge in [0.1, 0.15) is 11.6 Å². The zero-order chi connectivity index (χ0) is 51.7. The van der Waals surface area contributed by atoms with Crippen molar-refractivity contribution in [1.82, 2.24) is 14.5 Å². The number of imidazole rings is 1. The van der Waals surface area contributed by atoms with Crippen molar-refractivity contribution in [3.8, 4) is 78.6 Å². The van der Waals surface area contributed by atoms with Crippen LogP contribution >= 0.6 is 0 Å². The SMILES string of the molecule is [2H]C([2H])([2H])c1ccc(-c2ccnc(-c3[c-]c(-c4cccc5c4nc(-c4cc(C(C)(C)C)cc(C(C)(C)C)c4O)n5-c4ccc(C(C)(C)C)cc4-c4ccccc4)cc(C(C)(C)C)c3)c2)cc1-c1ccccc1.[Pt]. The molecule has 2 heterocycles. The van der Waals surface area contributed by atoms with Gasteiger partial charge in [-0.15, -0.1) is 29.3 Å². The van der Waals surface area contributed by atoms with E-state index in [9.17, 15) is 5.11 Å². The van der Waals surface area contributed by atoms with E-state index < -0.39 is 6.85 Å². The molecular formula is C65H66N3OPt-. The minimum absolute atomic E-state index is 0. The summed E-state index contributed by atoms with van der Waals surface area (Å²) < 4.78 is 27.3. The maximum Gasteiger partial charge on any atom is 0.148 e. The Hall–Kier alpha value is -6.35. The van der Waals surface area contributed by atoms with Gasteiger partial charge in [0.2, 0.25) is 0 Å². The summed E-state index contributed by atoms with van der Waals surface area (Å²) in [5.74, 6) is 0.868. The van der Waals surface area contributed by atoms with Gasteiger partial charge in [0, 0.05) is 48.2 Å². The van der Waals surface area contributed by atoms with Gasteiger partial charge in [-0.25, -0.2) is 4.98 Å². The van der Waals surface area contributed by atoms with Gasteiger partial charge in [-0.3, -0.25) is 9.55 Å². The molecule has 0 spiro atoms. The van der Waals surface area contributed by atoms with Crippen LogP contribution in [0.3, 0.4) is 0 Å². The maximum atomic E-state index is 12.6. The molecule has 0 atom stereocenters. The van der Waals surface area contributed by atoms with E-state index in [1.165, 1.54) is 5.56 Å². The third kappa shape index (κ3) is 9.86. The van der Waals surface area contributed by atoms with Crippen molar-refractivity contribution in [2.45, 2.75) is 112 Å². The first-order chi connectivity index (χ1) is 33.8. The topological polar surface area (TPSA) is 50.9 Å². The third-order valence-corrected chi connectivity index (χ3v) is 13.4. The van der Waals surface area contributed by atoms with Crippen molar-refractivity contribution in [3.05, 3.63) is 192 Å². The molecule has 9 rings (SSSR count). The largest absolute Gasteiger partial charge is 0.507 e. The molecule has 0 aliphatic rings. The molecule has 70 heavy (non-hydrogen) atoms. The van der Waals surface area contributed by atoms with E-state index in [0.717, 1.165) is 83.6 Å². The molecule has 2 aromatic heterocycles. The molecule has 0 aliphatic carbocycles. The molecule has 358 valence electrons. The predicted octanol–water partition coefficient (Wildman–Crippen LogP) is 17.4. The van der Waals surface area contributed by atoms with Crippen LogP contribution in [0.5, 0.6) is 5.75 Å². The smallest absolute Gasteiger partial charge is 0.148 e. The molecule has 9 aromatic rings. The van der Waals surface area contributed by atoms with Crippen molar-refractivity contribution in [2.75, 3.05) is 0 Å². The number of benzene rings is 7. The summed E-state index contributed by atoms with van der Waals surface area (Å²) in [7, 11) is 0. The molecule has 0 saturated carbocycles. The van der Waals surface area contributed by atoms with Gasteiger partial charge in [0.05, 0.1) is 22.3 Å². The van der Waals surface area contributed by atoms with Gasteiger partial charge in [-0.1, -0.05) is 197 Å². The molecule has 7 aromatic carbocycles. The molecular weight excluding hydrogens is 1030 g/mol. The number of pyridine rings is 1. The van der Waals surface area contributed by atoms with E-state index in [-0.39, 0.29) is 48.5 Å². The van der Waals surface area contributed by atoms with Gasteiger partial charge in [-0.05, 0) is 109 Å². The molecule has 0 saturated heterocycles. The van der Waals surface area contributed by atoms with Crippen molar-refractivity contribution < 1.29 is 30.3 Å². The summed E-state index contributed by atoms with van der Waals surface area (Å²) >= 11 is 0. The predicted molar refractivity (Wildman–Crippen MR) is 292 cm³/mol. The number of aryl methyl sites for hydroxylation is 1. The fraction of sp³-hybridized carbons (Fsp3) is 0.262. The maximum absolute atomic E-state index is 12.6. The third-order valence-electron chi connectivity index (χ3n) is 13.4. The number of para-hydroxylation sites is 1. The zero-order valence-electron chi connectivity index (χ0n) is 45.6. The number of nitrogens with zero attached hydrogens (tertiary/aromatic N) is 3. The summed E-state index contributed by atoms with van der Waals surface area (Å²) in [6.45, 7) is 24.2. The number of phenols is 1. The summed E-state index contributed by atoms with van der Waals surface area (Å²) in [5, 5.41) is 12.6. The fourth-order valence-corrected chi connectivity index (χ4v) is 9.22. The Bertz CT molecular complexity index is 3490. The molecule has 0 bridgehead atoms. The van der Waals surface area contributed by atoms with Crippen molar-refractivity contribution in [1.29, 1.82) is 0 Å². The molecule has 0 aliphatic heterocycles. The van der Waals surface area contributed by atoms with E-state index >= 15 is 0 Å². The zero-order valence-corrected chi connectivity index (χ0v) is 44.9. The Morgan fingerprint density at radius 1 is 0.500 bits per heavy atom. The molecule has 5 heteroatoms. The Morgan fingerprint density at radius 2 is 1.10 bits per heavy atom. The number of fused-ring (bicyclic) bond motifs is 1. The van der Waals surface area contributed by atoms with Crippen LogP contribution in [-0.4, -0.2) is 19.6 Å². The fourth-order valence-electron chi connectivity index (χ4n) is 9.22. The molecule has 0 unspecified atom stereocenters. The van der Waals surface area contributed by atoms with Crippen LogP contribution in [0.2, 0.25) is 0 Å². The van der Waals surface area contributed by atoms with Crippen LogP contribution in [0, 0.1) is 12.9 Å². The summed E-state index contributed by atoms with van der Waals surface area (Å²) in [6, 6.07) is 55.5. The molecule has 1 N–H and O–H groups in total. The van der Waals surface area contributed by atoms with E-state index in [1.54, 1.807) is 6.07 Å². The second-order valence-corrected chi connectivity index (χ2v) is 22.7. The number of hydrogen-bond acceptors (Lipinski definition) is 3. The van der Waals surface area contributed by atoms with Crippen LogP contribution in [0.4, 0.5) is 0 Å². The molecule has 0 fully saturated rings. The van der Waals surface area contributed by atoms with Crippen molar-refractivity contribution >= 4 is 11.0 Å². The second kappa shape index (κ2) is 18.8. The number of aromatic nitrogens is 3. The van der Waals surface area contributed by atoms with Crippen LogP contribution in [0.1, 0.15) is 115 Å². The minimum atomic E-state index is -2.28. The first kappa shape index (κ1) is 46.1. The molecule has 4 nitrogen and oxygen atoms in total. The van der Waals surface area contributed by atoms with E-state index in [1.807, 2.05) is 54.7 Å². The molecule has 0 amide bonds. The average Bonchev–Trinajstić information content (AvgIpc) is 3.72. The van der Waals surface area contributed by atoms with E-state index in [4.69, 9.17) is 14.1 Å². The molecule has 0 radical (unpaired) electrons. The quantitative estimate of drug-likeness (QED) is 0.162. The Morgan fingerprint density at radius 3 is 1.73 bits per heavy atom.